The number of aromatic nitrogens is 2. The fourth-order valence-electron chi connectivity index (χ4n) is 3.32. The quantitative estimate of drug-likeness (QED) is 0.459. The Morgan fingerprint density at radius 1 is 1.18 bits per heavy atom. The lowest BCUT2D eigenvalue weighted by Crippen LogP contribution is -2.43. The van der Waals surface area contributed by atoms with E-state index in [0.29, 0.717) is 24.2 Å². The fourth-order valence-corrected chi connectivity index (χ4v) is 3.70. The Labute approximate surface area is 198 Å². The molecule has 180 valence electrons. The minimum atomic E-state index is -0.576. The molecule has 0 radical (unpaired) electrons. The number of hydrogen-bond acceptors (Lipinski definition) is 4. The highest BCUT2D eigenvalue weighted by Gasteiger charge is 2.21. The van der Waals surface area contributed by atoms with Crippen molar-refractivity contribution < 1.29 is 18.8 Å². The van der Waals surface area contributed by atoms with E-state index in [0.717, 1.165) is 18.9 Å². The van der Waals surface area contributed by atoms with Gasteiger partial charge in [0.05, 0.1) is 11.3 Å². The van der Waals surface area contributed by atoms with Gasteiger partial charge in [-0.1, -0.05) is 37.4 Å². The molecule has 2 rings (SSSR count). The standard InChI is InChI=1S/C23H31ClFN5O3/c1-5-7-8-18(13-27-23(33)20-14(3)29-30(6-2)21(20)24)28-22(32)16-9-10-17(19(25)11-16)12-26-15(4)31/h9-11,18H,5-8,12-13H2,1-4H3,(H,26,31)(H,27,33)(H,28,32). The van der Waals surface area contributed by atoms with Gasteiger partial charge >= 0.3 is 0 Å². The van der Waals surface area contributed by atoms with Gasteiger partial charge in [0.15, 0.2) is 0 Å². The number of benzene rings is 1. The maximum absolute atomic E-state index is 14.3. The van der Waals surface area contributed by atoms with E-state index >= 15 is 0 Å². The van der Waals surface area contributed by atoms with Crippen LogP contribution in [0.2, 0.25) is 5.15 Å². The number of halogens is 2. The van der Waals surface area contributed by atoms with E-state index in [-0.39, 0.29) is 47.2 Å². The topological polar surface area (TPSA) is 105 Å². The predicted octanol–water partition coefficient (Wildman–Crippen LogP) is 3.36. The number of nitrogens with zero attached hydrogens (tertiary/aromatic N) is 2. The van der Waals surface area contributed by atoms with Crippen LogP contribution in [0.4, 0.5) is 4.39 Å². The molecule has 0 aliphatic heterocycles. The third-order valence-corrected chi connectivity index (χ3v) is 5.57. The summed E-state index contributed by atoms with van der Waals surface area (Å²) in [5.41, 5.74) is 1.30. The van der Waals surface area contributed by atoms with Gasteiger partial charge in [0.25, 0.3) is 11.8 Å². The average Bonchev–Trinajstić information content (AvgIpc) is 3.07. The van der Waals surface area contributed by atoms with E-state index in [1.807, 2.05) is 13.8 Å². The smallest absolute Gasteiger partial charge is 0.256 e. The van der Waals surface area contributed by atoms with Crippen molar-refractivity contribution in [3.05, 3.63) is 51.6 Å². The summed E-state index contributed by atoms with van der Waals surface area (Å²) in [6, 6.07) is 3.78. The Morgan fingerprint density at radius 2 is 1.91 bits per heavy atom. The lowest BCUT2D eigenvalue weighted by Gasteiger charge is -2.19. The summed E-state index contributed by atoms with van der Waals surface area (Å²) in [5.74, 6) is -1.65. The Hall–Kier alpha value is -2.94. The van der Waals surface area contributed by atoms with Gasteiger partial charge in [-0.05, 0) is 32.4 Å². The van der Waals surface area contributed by atoms with E-state index in [1.54, 1.807) is 11.6 Å². The number of carbonyl (C=O) groups is 3. The van der Waals surface area contributed by atoms with Crippen molar-refractivity contribution in [3.63, 3.8) is 0 Å². The van der Waals surface area contributed by atoms with Gasteiger partial charge in [-0.3, -0.25) is 19.1 Å². The zero-order valence-electron chi connectivity index (χ0n) is 19.4. The number of amides is 3. The molecule has 0 saturated carbocycles. The first-order valence-electron chi connectivity index (χ1n) is 11.0. The van der Waals surface area contributed by atoms with E-state index in [9.17, 15) is 18.8 Å². The van der Waals surface area contributed by atoms with Crippen LogP contribution in [-0.4, -0.2) is 40.1 Å². The van der Waals surface area contributed by atoms with Gasteiger partial charge in [-0.15, -0.1) is 0 Å². The molecule has 1 aromatic carbocycles. The summed E-state index contributed by atoms with van der Waals surface area (Å²) in [5, 5.41) is 12.7. The number of aryl methyl sites for hydroxylation is 2. The molecule has 1 unspecified atom stereocenters. The van der Waals surface area contributed by atoms with Crippen molar-refractivity contribution in [2.45, 2.75) is 66.1 Å². The highest BCUT2D eigenvalue weighted by atomic mass is 35.5. The highest BCUT2D eigenvalue weighted by molar-refractivity contribution is 6.33. The second kappa shape index (κ2) is 12.3. The van der Waals surface area contributed by atoms with Gasteiger partial charge in [0, 0.05) is 43.7 Å². The van der Waals surface area contributed by atoms with Crippen molar-refractivity contribution in [1.29, 1.82) is 0 Å². The van der Waals surface area contributed by atoms with E-state index in [1.165, 1.54) is 19.1 Å². The summed E-state index contributed by atoms with van der Waals surface area (Å²) < 4.78 is 15.9. The molecular formula is C23H31ClFN5O3. The number of hydrogen-bond donors (Lipinski definition) is 3. The van der Waals surface area contributed by atoms with Crippen molar-refractivity contribution in [3.8, 4) is 0 Å². The first kappa shape index (κ1) is 26.3. The molecule has 0 aliphatic rings. The summed E-state index contributed by atoms with van der Waals surface area (Å²) in [7, 11) is 0. The summed E-state index contributed by atoms with van der Waals surface area (Å²) >= 11 is 6.27. The summed E-state index contributed by atoms with van der Waals surface area (Å²) in [6.07, 6.45) is 2.41. The van der Waals surface area contributed by atoms with E-state index in [4.69, 9.17) is 11.6 Å². The fraction of sp³-hybridized carbons (Fsp3) is 0.478. The summed E-state index contributed by atoms with van der Waals surface area (Å²) in [4.78, 5) is 36.4. The van der Waals surface area contributed by atoms with Crippen LogP contribution >= 0.6 is 11.6 Å². The molecular weight excluding hydrogens is 449 g/mol. The van der Waals surface area contributed by atoms with Gasteiger partial charge in [-0.25, -0.2) is 4.39 Å². The van der Waals surface area contributed by atoms with Crippen LogP contribution in [0.15, 0.2) is 18.2 Å². The number of carbonyl (C=O) groups excluding carboxylic acids is 3. The third-order valence-electron chi connectivity index (χ3n) is 5.19. The monoisotopic (exact) mass is 479 g/mol. The Morgan fingerprint density at radius 3 is 2.48 bits per heavy atom. The van der Waals surface area contributed by atoms with Crippen molar-refractivity contribution in [2.24, 2.45) is 0 Å². The maximum atomic E-state index is 14.3. The van der Waals surface area contributed by atoms with Gasteiger partial charge < -0.3 is 16.0 Å². The molecule has 2 aromatic rings. The number of nitrogens with one attached hydrogen (secondary N) is 3. The Kier molecular flexibility index (Phi) is 9.84. The lowest BCUT2D eigenvalue weighted by molar-refractivity contribution is -0.119. The molecule has 1 heterocycles. The van der Waals surface area contributed by atoms with Gasteiger partial charge in [-0.2, -0.15) is 5.10 Å². The molecule has 1 atom stereocenters. The molecule has 10 heteroatoms. The second-order valence-corrected chi connectivity index (χ2v) is 8.16. The predicted molar refractivity (Wildman–Crippen MR) is 125 cm³/mol. The zero-order chi connectivity index (χ0) is 24.5. The Bertz CT molecular complexity index is 1010. The average molecular weight is 480 g/mol. The van der Waals surface area contributed by atoms with Crippen LogP contribution in [0.25, 0.3) is 0 Å². The SMILES string of the molecule is CCCCC(CNC(=O)c1c(C)nn(CC)c1Cl)NC(=O)c1ccc(CNC(C)=O)c(F)c1. The first-order chi connectivity index (χ1) is 15.7. The number of unbranched alkanes of at least 4 members (excludes halogenated alkanes) is 1. The molecule has 1 aromatic heterocycles. The summed E-state index contributed by atoms with van der Waals surface area (Å²) in [6.45, 7) is 7.76. The van der Waals surface area contributed by atoms with Crippen molar-refractivity contribution >= 4 is 29.3 Å². The van der Waals surface area contributed by atoms with Crippen LogP contribution in [0, 0.1) is 12.7 Å². The minimum Gasteiger partial charge on any atom is -0.352 e. The highest BCUT2D eigenvalue weighted by Crippen LogP contribution is 2.19. The molecule has 0 spiro atoms. The zero-order valence-corrected chi connectivity index (χ0v) is 20.2. The molecule has 3 amide bonds. The minimum absolute atomic E-state index is 0.0464. The van der Waals surface area contributed by atoms with E-state index < -0.39 is 11.7 Å². The second-order valence-electron chi connectivity index (χ2n) is 7.81. The molecule has 0 aliphatic carbocycles. The molecule has 0 fully saturated rings. The Balaban J connectivity index is 2.05. The van der Waals surface area contributed by atoms with Crippen molar-refractivity contribution in [1.82, 2.24) is 25.7 Å². The van der Waals surface area contributed by atoms with E-state index in [2.05, 4.69) is 21.0 Å². The largest absolute Gasteiger partial charge is 0.352 e. The first-order valence-corrected chi connectivity index (χ1v) is 11.4. The van der Waals surface area contributed by atoms with Crippen LogP contribution in [0.3, 0.4) is 0 Å². The van der Waals surface area contributed by atoms with Crippen molar-refractivity contribution in [2.75, 3.05) is 6.54 Å². The molecule has 0 bridgehead atoms. The molecule has 3 N–H and O–H groups in total. The third kappa shape index (κ3) is 7.28. The van der Waals surface area contributed by atoms with Crippen LogP contribution in [-0.2, 0) is 17.9 Å². The molecule has 0 saturated heterocycles. The van der Waals surface area contributed by atoms with Crippen LogP contribution in [0.1, 0.15) is 72.0 Å². The van der Waals surface area contributed by atoms with Crippen LogP contribution in [0.5, 0.6) is 0 Å². The lowest BCUT2D eigenvalue weighted by atomic mass is 10.1. The van der Waals surface area contributed by atoms with Crippen LogP contribution < -0.4 is 16.0 Å². The maximum Gasteiger partial charge on any atom is 0.256 e. The van der Waals surface area contributed by atoms with Gasteiger partial charge in [0.1, 0.15) is 11.0 Å². The number of rotatable bonds is 11. The normalized spacial score (nSPS) is 11.7. The molecule has 33 heavy (non-hydrogen) atoms. The van der Waals surface area contributed by atoms with Gasteiger partial charge in [0.2, 0.25) is 5.91 Å². The molecule has 8 nitrogen and oxygen atoms in total.